The fourth-order valence-electron chi connectivity index (χ4n) is 2.67. The molecule has 0 unspecified atom stereocenters. The Morgan fingerprint density at radius 2 is 2.18 bits per heavy atom. The second kappa shape index (κ2) is 5.81. The van der Waals surface area contributed by atoms with E-state index in [0.717, 1.165) is 37.3 Å². The van der Waals surface area contributed by atoms with Crippen molar-refractivity contribution < 1.29 is 4.79 Å². The summed E-state index contributed by atoms with van der Waals surface area (Å²) < 4.78 is 0. The zero-order valence-electron chi connectivity index (χ0n) is 11.9. The van der Waals surface area contributed by atoms with Crippen molar-refractivity contribution in [3.63, 3.8) is 0 Å². The maximum atomic E-state index is 11.1. The Labute approximate surface area is 126 Å². The molecular formula is C14H15N7O. The van der Waals surface area contributed by atoms with Crippen molar-refractivity contribution in [3.05, 3.63) is 24.3 Å². The summed E-state index contributed by atoms with van der Waals surface area (Å²) >= 11 is 0. The highest BCUT2D eigenvalue weighted by molar-refractivity contribution is 5.95. The van der Waals surface area contributed by atoms with Gasteiger partial charge in [0.15, 0.2) is 11.5 Å². The topological polar surface area (TPSA) is 125 Å². The van der Waals surface area contributed by atoms with Crippen LogP contribution in [0.1, 0.15) is 12.8 Å². The highest BCUT2D eigenvalue weighted by Crippen LogP contribution is 2.26. The zero-order valence-corrected chi connectivity index (χ0v) is 11.9. The van der Waals surface area contributed by atoms with Gasteiger partial charge in [-0.3, -0.25) is 4.79 Å². The van der Waals surface area contributed by atoms with Crippen LogP contribution in [0.15, 0.2) is 24.3 Å². The highest BCUT2D eigenvalue weighted by Gasteiger charge is 2.22. The summed E-state index contributed by atoms with van der Waals surface area (Å²) in [5.74, 6) is 0.318. The second-order valence-corrected chi connectivity index (χ2v) is 5.18. The molecule has 8 nitrogen and oxygen atoms in total. The van der Waals surface area contributed by atoms with Crippen LogP contribution in [0.4, 0.5) is 5.82 Å². The van der Waals surface area contributed by atoms with Gasteiger partial charge in [0.2, 0.25) is 0 Å². The molecule has 0 bridgehead atoms. The molecular weight excluding hydrogens is 282 g/mol. The lowest BCUT2D eigenvalue weighted by atomic mass is 9.94. The Balaban J connectivity index is 1.74. The molecule has 1 fully saturated rings. The van der Waals surface area contributed by atoms with Crippen molar-refractivity contribution in [2.75, 3.05) is 18.0 Å². The van der Waals surface area contributed by atoms with Crippen molar-refractivity contribution in [1.82, 2.24) is 19.9 Å². The number of nitriles is 1. The van der Waals surface area contributed by atoms with E-state index in [-0.39, 0.29) is 11.5 Å². The number of nitrogens with one attached hydrogen (secondary N) is 1. The molecule has 0 aromatic carbocycles. The van der Waals surface area contributed by atoms with Gasteiger partial charge < -0.3 is 15.6 Å². The van der Waals surface area contributed by atoms with Crippen LogP contribution < -0.4 is 10.6 Å². The Morgan fingerprint density at radius 1 is 1.41 bits per heavy atom. The first kappa shape index (κ1) is 14.0. The van der Waals surface area contributed by atoms with Gasteiger partial charge in [-0.2, -0.15) is 5.26 Å². The molecule has 1 aliphatic heterocycles. The Morgan fingerprint density at radius 3 is 2.86 bits per heavy atom. The molecule has 22 heavy (non-hydrogen) atoms. The number of hydrogen-bond donors (Lipinski definition) is 2. The molecule has 0 aliphatic carbocycles. The molecule has 112 valence electrons. The minimum absolute atomic E-state index is 0.0372. The van der Waals surface area contributed by atoms with Crippen LogP contribution in [0.5, 0.6) is 0 Å². The number of nitrogens with zero attached hydrogens (tertiary/aromatic N) is 5. The minimum atomic E-state index is -0.668. The van der Waals surface area contributed by atoms with Gasteiger partial charge in [-0.05, 0) is 18.8 Å². The normalized spacial score (nSPS) is 16.7. The van der Waals surface area contributed by atoms with Crippen LogP contribution >= 0.6 is 0 Å². The van der Waals surface area contributed by atoms with Crippen molar-refractivity contribution in [2.45, 2.75) is 12.8 Å². The van der Waals surface area contributed by atoms with Gasteiger partial charge in [0.25, 0.3) is 5.91 Å². The van der Waals surface area contributed by atoms with E-state index in [1.807, 2.05) is 6.07 Å². The number of rotatable bonds is 3. The van der Waals surface area contributed by atoms with E-state index in [1.54, 1.807) is 12.4 Å². The highest BCUT2D eigenvalue weighted by atomic mass is 16.1. The Kier molecular flexibility index (Phi) is 3.70. The number of hydrogen-bond acceptors (Lipinski definition) is 6. The molecule has 1 saturated heterocycles. The van der Waals surface area contributed by atoms with Gasteiger partial charge in [0.1, 0.15) is 23.5 Å². The Bertz CT molecular complexity index is 765. The lowest BCUT2D eigenvalue weighted by Gasteiger charge is -2.31. The number of carbonyl (C=O) groups is 1. The molecule has 0 radical (unpaired) electrons. The van der Waals surface area contributed by atoms with E-state index < -0.39 is 5.91 Å². The van der Waals surface area contributed by atoms with Gasteiger partial charge in [-0.25, -0.2) is 15.0 Å². The van der Waals surface area contributed by atoms with Crippen molar-refractivity contribution >= 4 is 22.9 Å². The van der Waals surface area contributed by atoms with E-state index in [2.05, 4.69) is 24.8 Å². The smallest absolute Gasteiger partial charge is 0.259 e. The Hall–Kier alpha value is -2.95. The summed E-state index contributed by atoms with van der Waals surface area (Å²) in [5, 5.41) is 8.89. The number of carbonyl (C=O) groups excluding carboxylic acids is 1. The third kappa shape index (κ3) is 2.61. The first-order valence-electron chi connectivity index (χ1n) is 7.00. The van der Waals surface area contributed by atoms with Crippen LogP contribution in [0, 0.1) is 17.2 Å². The summed E-state index contributed by atoms with van der Waals surface area (Å²) in [4.78, 5) is 28.9. The molecule has 2 aromatic rings. The molecule has 1 amide bonds. The van der Waals surface area contributed by atoms with Gasteiger partial charge in [-0.1, -0.05) is 6.08 Å². The third-order valence-corrected chi connectivity index (χ3v) is 3.83. The molecule has 3 N–H and O–H groups in total. The molecule has 8 heteroatoms. The van der Waals surface area contributed by atoms with Crippen LogP contribution in [-0.4, -0.2) is 38.9 Å². The predicted octanol–water partition coefficient (Wildman–Crippen LogP) is 0.505. The third-order valence-electron chi connectivity index (χ3n) is 3.83. The number of anilines is 1. The first-order valence-corrected chi connectivity index (χ1v) is 7.00. The molecule has 0 spiro atoms. The SMILES string of the molecule is N#CC(=CC1CCN(c2ncnc3[nH]cnc23)CC1)C(N)=O. The van der Waals surface area contributed by atoms with Crippen molar-refractivity contribution in [2.24, 2.45) is 11.7 Å². The largest absolute Gasteiger partial charge is 0.365 e. The number of piperidine rings is 1. The lowest BCUT2D eigenvalue weighted by molar-refractivity contribution is -0.114. The monoisotopic (exact) mass is 297 g/mol. The molecule has 3 rings (SSSR count). The van der Waals surface area contributed by atoms with Gasteiger partial charge >= 0.3 is 0 Å². The number of aromatic nitrogens is 4. The van der Waals surface area contributed by atoms with E-state index in [1.165, 1.54) is 6.33 Å². The number of nitrogens with two attached hydrogens (primary N) is 1. The van der Waals surface area contributed by atoms with Gasteiger partial charge in [0, 0.05) is 13.1 Å². The van der Waals surface area contributed by atoms with Gasteiger partial charge in [0.05, 0.1) is 6.33 Å². The molecule has 1 aliphatic rings. The summed E-state index contributed by atoms with van der Waals surface area (Å²) in [6, 6.07) is 1.85. The fourth-order valence-corrected chi connectivity index (χ4v) is 2.67. The standard InChI is InChI=1S/C14H15N7O/c15-6-10(12(16)22)5-9-1-3-21(4-2-9)14-11-13(18-7-17-11)19-8-20-14/h5,7-9H,1-4H2,(H2,16,22)(H,17,18,19,20). The summed E-state index contributed by atoms with van der Waals surface area (Å²) in [5.41, 5.74) is 6.67. The van der Waals surface area contributed by atoms with E-state index >= 15 is 0 Å². The molecule has 0 atom stereocenters. The molecule has 0 saturated carbocycles. The number of H-pyrrole nitrogens is 1. The van der Waals surface area contributed by atoms with E-state index in [4.69, 9.17) is 11.0 Å². The minimum Gasteiger partial charge on any atom is -0.365 e. The average molecular weight is 297 g/mol. The van der Waals surface area contributed by atoms with Crippen LogP contribution in [0.25, 0.3) is 11.2 Å². The number of amides is 1. The number of fused-ring (bicyclic) bond motifs is 1. The van der Waals surface area contributed by atoms with Crippen molar-refractivity contribution in [1.29, 1.82) is 5.26 Å². The number of primary amides is 1. The summed E-state index contributed by atoms with van der Waals surface area (Å²) in [6.45, 7) is 1.55. The summed E-state index contributed by atoms with van der Waals surface area (Å²) in [6.07, 6.45) is 6.46. The summed E-state index contributed by atoms with van der Waals surface area (Å²) in [7, 11) is 0. The number of imidazole rings is 1. The van der Waals surface area contributed by atoms with Crippen LogP contribution in [0.3, 0.4) is 0 Å². The predicted molar refractivity (Wildman–Crippen MR) is 79.5 cm³/mol. The van der Waals surface area contributed by atoms with Gasteiger partial charge in [-0.15, -0.1) is 0 Å². The lowest BCUT2D eigenvalue weighted by Crippen LogP contribution is -2.34. The van der Waals surface area contributed by atoms with Crippen LogP contribution in [0.2, 0.25) is 0 Å². The number of aromatic amines is 1. The van der Waals surface area contributed by atoms with E-state index in [9.17, 15) is 4.79 Å². The average Bonchev–Trinajstić information content (AvgIpc) is 3.01. The maximum Gasteiger partial charge on any atom is 0.259 e. The quantitative estimate of drug-likeness (QED) is 0.628. The number of allylic oxidation sites excluding steroid dienone is 1. The van der Waals surface area contributed by atoms with E-state index in [0.29, 0.717) is 5.65 Å². The molecule has 2 aromatic heterocycles. The fraction of sp³-hybridized carbons (Fsp3) is 0.357. The van der Waals surface area contributed by atoms with Crippen LogP contribution in [-0.2, 0) is 4.79 Å². The maximum absolute atomic E-state index is 11.1. The molecule has 3 heterocycles. The first-order chi connectivity index (χ1) is 10.7. The zero-order chi connectivity index (χ0) is 15.5. The van der Waals surface area contributed by atoms with Crippen molar-refractivity contribution in [3.8, 4) is 6.07 Å². The second-order valence-electron chi connectivity index (χ2n) is 5.18.